The van der Waals surface area contributed by atoms with Gasteiger partial charge in [-0.2, -0.15) is 5.26 Å². The predicted octanol–water partition coefficient (Wildman–Crippen LogP) is 5.52. The number of fused-ring (bicyclic) bond motifs is 1. The summed E-state index contributed by atoms with van der Waals surface area (Å²) in [6.07, 6.45) is 0. The first-order valence-electron chi connectivity index (χ1n) is 10.3. The molecule has 3 aromatic rings. The highest BCUT2D eigenvalue weighted by Crippen LogP contribution is 2.41. The van der Waals surface area contributed by atoms with Crippen LogP contribution in [0.25, 0.3) is 10.8 Å². The number of carbonyl (C=O) groups is 1. The number of allylic oxidation sites excluding steroid dienone is 1. The number of ketones is 1. The summed E-state index contributed by atoms with van der Waals surface area (Å²) in [7, 11) is 1.64. The van der Waals surface area contributed by atoms with Crippen molar-refractivity contribution in [2.24, 2.45) is 4.99 Å². The minimum atomic E-state index is -0.483. The van der Waals surface area contributed by atoms with Crippen molar-refractivity contribution in [3.63, 3.8) is 0 Å². The lowest BCUT2D eigenvalue weighted by atomic mass is 9.89. The summed E-state index contributed by atoms with van der Waals surface area (Å²) in [6.45, 7) is 3.47. The second kappa shape index (κ2) is 9.29. The monoisotopic (exact) mass is 441 g/mol. The van der Waals surface area contributed by atoms with Gasteiger partial charge in [-0.3, -0.25) is 4.79 Å². The third-order valence-electron chi connectivity index (χ3n) is 5.52. The maximum Gasteiger partial charge on any atom is 0.162 e. The van der Waals surface area contributed by atoms with Gasteiger partial charge in [0.25, 0.3) is 0 Å². The number of carbonyl (C=O) groups excluding carboxylic acids is 1. The fourth-order valence-electron chi connectivity index (χ4n) is 4.02. The number of ether oxygens (including phenoxy) is 1. The van der Waals surface area contributed by atoms with Crippen LogP contribution in [0.3, 0.4) is 0 Å². The van der Waals surface area contributed by atoms with Crippen molar-refractivity contribution >= 4 is 33.5 Å². The fourth-order valence-corrected chi connectivity index (χ4v) is 4.97. The molecule has 0 unspecified atom stereocenters. The Labute approximate surface area is 191 Å². The van der Waals surface area contributed by atoms with Crippen LogP contribution in [-0.4, -0.2) is 18.1 Å². The van der Waals surface area contributed by atoms with Gasteiger partial charge >= 0.3 is 0 Å². The number of nitrogens with zero attached hydrogens (tertiary/aromatic N) is 2. The van der Waals surface area contributed by atoms with E-state index in [0.717, 1.165) is 27.6 Å². The van der Waals surface area contributed by atoms with E-state index in [4.69, 9.17) is 9.73 Å². The van der Waals surface area contributed by atoms with Crippen LogP contribution >= 0.6 is 11.8 Å². The van der Waals surface area contributed by atoms with E-state index in [1.54, 1.807) is 14.0 Å². The summed E-state index contributed by atoms with van der Waals surface area (Å²) in [5, 5.41) is 15.4. The molecule has 1 aliphatic rings. The smallest absolute Gasteiger partial charge is 0.162 e. The third-order valence-corrected chi connectivity index (χ3v) is 6.46. The molecule has 0 amide bonds. The lowest BCUT2D eigenvalue weighted by molar-refractivity contribution is -0.113. The molecule has 0 fully saturated rings. The van der Waals surface area contributed by atoms with Crippen LogP contribution in [0, 0.1) is 11.3 Å². The quantitative estimate of drug-likeness (QED) is 0.565. The van der Waals surface area contributed by atoms with Crippen LogP contribution in [0.15, 0.2) is 76.9 Å². The molecule has 1 heterocycles. The highest BCUT2D eigenvalue weighted by atomic mass is 32.2. The highest BCUT2D eigenvalue weighted by molar-refractivity contribution is 8.13. The molecule has 1 N–H and O–H groups in total. The number of thioether (sulfide) groups is 1. The van der Waals surface area contributed by atoms with Crippen LogP contribution in [0.1, 0.15) is 36.6 Å². The summed E-state index contributed by atoms with van der Waals surface area (Å²) < 4.78 is 5.70. The zero-order valence-electron chi connectivity index (χ0n) is 18.2. The van der Waals surface area contributed by atoms with Crippen LogP contribution in [0.5, 0.6) is 5.75 Å². The van der Waals surface area contributed by atoms with Crippen molar-refractivity contribution in [1.29, 1.82) is 5.26 Å². The van der Waals surface area contributed by atoms with Gasteiger partial charge in [-0.25, -0.2) is 4.99 Å². The Morgan fingerprint density at radius 3 is 2.66 bits per heavy atom. The van der Waals surface area contributed by atoms with E-state index in [0.29, 0.717) is 27.8 Å². The van der Waals surface area contributed by atoms with Gasteiger partial charge in [0, 0.05) is 22.6 Å². The van der Waals surface area contributed by atoms with E-state index in [9.17, 15) is 10.1 Å². The third kappa shape index (κ3) is 4.12. The summed E-state index contributed by atoms with van der Waals surface area (Å²) in [4.78, 5) is 17.6. The van der Waals surface area contributed by atoms with E-state index in [-0.39, 0.29) is 5.78 Å². The van der Waals surface area contributed by atoms with Gasteiger partial charge in [-0.1, -0.05) is 60.3 Å². The van der Waals surface area contributed by atoms with Crippen LogP contribution in [-0.2, 0) is 10.5 Å². The zero-order chi connectivity index (χ0) is 22.7. The molecular weight excluding hydrogens is 418 g/mol. The van der Waals surface area contributed by atoms with Crippen LogP contribution in [0.4, 0.5) is 0 Å². The second-order valence-corrected chi connectivity index (χ2v) is 8.48. The SMILES string of the molecule is COc1ccc2ccccc2c1[C@H]1N=C(SCc2ccccc2C#N)NC(C)=C1C(C)=O. The number of rotatable bonds is 5. The molecule has 5 nitrogen and oxygen atoms in total. The normalized spacial score (nSPS) is 15.7. The molecule has 4 rings (SSSR count). The van der Waals surface area contributed by atoms with Crippen molar-refractivity contribution in [2.45, 2.75) is 25.6 Å². The molecule has 3 aromatic carbocycles. The largest absolute Gasteiger partial charge is 0.496 e. The van der Waals surface area contributed by atoms with Crippen molar-refractivity contribution in [1.82, 2.24) is 5.32 Å². The molecular formula is C26H23N3O2S. The standard InChI is InChI=1S/C26H23N3O2S/c1-16-23(17(2)30)25(24-21-11-7-6-8-18(21)12-13-22(24)31-3)29-26(28-16)32-15-20-10-5-4-9-19(20)14-27/h4-13,25H,15H2,1-3H3,(H,28,29)/t25-/m0/s1. The van der Waals surface area contributed by atoms with Crippen LogP contribution < -0.4 is 10.1 Å². The number of hydrogen-bond donors (Lipinski definition) is 1. The molecule has 0 aromatic heterocycles. The Balaban J connectivity index is 1.79. The Morgan fingerprint density at radius 2 is 1.91 bits per heavy atom. The molecule has 0 saturated carbocycles. The highest BCUT2D eigenvalue weighted by Gasteiger charge is 2.30. The van der Waals surface area contributed by atoms with E-state index in [2.05, 4.69) is 11.4 Å². The molecule has 0 saturated heterocycles. The number of Topliss-reactive ketones (excluding diaryl/α,β-unsaturated/α-hetero) is 1. The zero-order valence-corrected chi connectivity index (χ0v) is 19.0. The molecule has 0 spiro atoms. The van der Waals surface area contributed by atoms with Crippen molar-refractivity contribution in [2.75, 3.05) is 7.11 Å². The average molecular weight is 442 g/mol. The predicted molar refractivity (Wildman–Crippen MR) is 130 cm³/mol. The molecule has 6 heteroatoms. The van der Waals surface area contributed by atoms with E-state index in [1.165, 1.54) is 11.8 Å². The molecule has 1 aliphatic heterocycles. The van der Waals surface area contributed by atoms with Crippen molar-refractivity contribution < 1.29 is 9.53 Å². The topological polar surface area (TPSA) is 74.5 Å². The number of aliphatic imine (C=N–C) groups is 1. The van der Waals surface area contributed by atoms with Gasteiger partial charge in [0.1, 0.15) is 11.8 Å². The Hall–Kier alpha value is -3.56. The summed E-state index contributed by atoms with van der Waals surface area (Å²) in [5.74, 6) is 1.26. The van der Waals surface area contributed by atoms with Crippen molar-refractivity contribution in [3.8, 4) is 11.8 Å². The summed E-state index contributed by atoms with van der Waals surface area (Å²) in [6, 6.07) is 21.3. The molecule has 0 radical (unpaired) electrons. The Morgan fingerprint density at radius 1 is 1.16 bits per heavy atom. The molecule has 1 atom stereocenters. The average Bonchev–Trinajstić information content (AvgIpc) is 2.81. The first kappa shape index (κ1) is 21.7. The maximum atomic E-state index is 12.6. The van der Waals surface area contributed by atoms with E-state index < -0.39 is 6.04 Å². The summed E-state index contributed by atoms with van der Waals surface area (Å²) >= 11 is 1.52. The fraction of sp³-hybridized carbons (Fsp3) is 0.192. The lowest BCUT2D eigenvalue weighted by Crippen LogP contribution is -2.29. The molecule has 160 valence electrons. The Kier molecular flexibility index (Phi) is 6.29. The van der Waals surface area contributed by atoms with Gasteiger partial charge in [-0.15, -0.1) is 0 Å². The summed E-state index contributed by atoms with van der Waals surface area (Å²) in [5.41, 5.74) is 3.89. The molecule has 32 heavy (non-hydrogen) atoms. The van der Waals surface area contributed by atoms with Gasteiger partial charge in [-0.05, 0) is 42.3 Å². The van der Waals surface area contributed by atoms with Gasteiger partial charge in [0.15, 0.2) is 11.0 Å². The van der Waals surface area contributed by atoms with Crippen LogP contribution in [0.2, 0.25) is 0 Å². The minimum absolute atomic E-state index is 0.0300. The number of hydrogen-bond acceptors (Lipinski definition) is 6. The maximum absolute atomic E-state index is 12.6. The number of nitriles is 1. The number of nitrogens with one attached hydrogen (secondary N) is 1. The lowest BCUT2D eigenvalue weighted by Gasteiger charge is -2.27. The number of methoxy groups -OCH3 is 1. The number of amidine groups is 1. The molecule has 0 aliphatic carbocycles. The van der Waals surface area contributed by atoms with Crippen molar-refractivity contribution in [3.05, 3.63) is 88.6 Å². The molecule has 0 bridgehead atoms. The van der Waals surface area contributed by atoms with Gasteiger partial charge in [0.2, 0.25) is 0 Å². The van der Waals surface area contributed by atoms with Gasteiger partial charge < -0.3 is 10.1 Å². The van der Waals surface area contributed by atoms with E-state index in [1.807, 2.05) is 67.6 Å². The number of benzene rings is 3. The van der Waals surface area contributed by atoms with E-state index >= 15 is 0 Å². The second-order valence-electron chi connectivity index (χ2n) is 7.52. The van der Waals surface area contributed by atoms with Gasteiger partial charge in [0.05, 0.1) is 18.7 Å². The first-order valence-corrected chi connectivity index (χ1v) is 11.2. The Bertz CT molecular complexity index is 1300. The minimum Gasteiger partial charge on any atom is -0.496 e. The first-order chi connectivity index (χ1) is 15.5.